The number of nitrogens with zero attached hydrogens (tertiary/aromatic N) is 8. The number of fused-ring (bicyclic) bond motifs is 14. The Morgan fingerprint density at radius 1 is 0.345 bits per heavy atom. The minimum Gasteiger partial charge on any atom is -0.457 e. The van der Waals surface area contributed by atoms with Crippen LogP contribution in [-0.4, -0.2) is 46.1 Å². The number of para-hydroxylation sites is 2. The smallest absolute Gasteiger partial charge is 0.457 e. The highest BCUT2D eigenvalue weighted by molar-refractivity contribution is 6.37. The van der Waals surface area contributed by atoms with Gasteiger partial charge >= 0.3 is 15.7 Å². The van der Waals surface area contributed by atoms with E-state index in [1.54, 1.807) is 0 Å². The first kappa shape index (κ1) is 30.3. The Bertz CT molecular complexity index is 3230. The number of amidine groups is 4. The molecule has 6 heterocycles. The largest absolute Gasteiger partial charge is 0.568 e. The number of aliphatic imine (C=N–C) groups is 4. The van der Waals surface area contributed by atoms with E-state index < -0.39 is 15.7 Å². The van der Waals surface area contributed by atoms with E-state index in [0.29, 0.717) is 34.8 Å². The first-order valence-corrected chi connectivity index (χ1v) is 18.9. The van der Waals surface area contributed by atoms with Gasteiger partial charge in [-0.1, -0.05) is 84.9 Å². The topological polar surface area (TPSA) is 102 Å². The number of aromatic nitrogens is 2. The van der Waals surface area contributed by atoms with Crippen LogP contribution in [0.25, 0.3) is 21.5 Å². The Labute approximate surface area is 319 Å². The monoisotopic (exact) mass is 723 g/mol. The van der Waals surface area contributed by atoms with Gasteiger partial charge in [0.25, 0.3) is 0 Å². The van der Waals surface area contributed by atoms with E-state index in [-0.39, 0.29) is 0 Å². The molecule has 0 aliphatic carbocycles. The summed E-state index contributed by atoms with van der Waals surface area (Å²) in [5.41, 5.74) is 4.97. The van der Waals surface area contributed by atoms with Crippen molar-refractivity contribution in [2.24, 2.45) is 30.0 Å². The fraction of sp³-hybridized carbons (Fsp3) is 0. The molecule has 11 heteroatoms. The molecule has 6 aromatic carbocycles. The molecule has 12 rings (SSSR count). The van der Waals surface area contributed by atoms with Crippen LogP contribution in [0.1, 0.15) is 22.3 Å². The van der Waals surface area contributed by atoms with Crippen molar-refractivity contribution in [1.29, 1.82) is 0 Å². The third-order valence-corrected chi connectivity index (χ3v) is 11.6. The van der Waals surface area contributed by atoms with Gasteiger partial charge in [-0.25, -0.2) is 30.0 Å². The molecule has 255 valence electrons. The van der Waals surface area contributed by atoms with Gasteiger partial charge in [0.15, 0.2) is 23.3 Å². The van der Waals surface area contributed by atoms with E-state index in [1.165, 1.54) is 0 Å². The Morgan fingerprint density at radius 2 is 0.764 bits per heavy atom. The maximum Gasteiger partial charge on any atom is 0.568 e. The highest BCUT2D eigenvalue weighted by Gasteiger charge is 2.31. The molecule has 4 aliphatic rings. The van der Waals surface area contributed by atoms with Crippen molar-refractivity contribution in [3.05, 3.63) is 179 Å². The summed E-state index contributed by atoms with van der Waals surface area (Å²) < 4.78 is 17.0. The normalized spacial score (nSPS) is 14.3. The Hall–Kier alpha value is -7.19. The molecule has 1 radical (unpaired) electrons. The van der Waals surface area contributed by atoms with Crippen LogP contribution in [0.4, 0.5) is 11.6 Å². The average molecular weight is 724 g/mol. The van der Waals surface area contributed by atoms with E-state index in [0.717, 1.165) is 77.9 Å². The lowest BCUT2D eigenvalue weighted by molar-refractivity contribution is 0.482. The van der Waals surface area contributed by atoms with Crippen LogP contribution in [0.5, 0.6) is 23.0 Å². The SMILES string of the molecule is c1ccc(Oc2ccc3c(c2)C2=NC3=Nc3c4ccccc4c4[n]3[Al][n]3c(c5ccccc5c3=NC3=NC(=N4)c4cc(Oc5ccccc5)ccc43)=N2)cc1. The number of rotatable bonds is 4. The summed E-state index contributed by atoms with van der Waals surface area (Å²) in [5, 5.41) is 3.86. The highest BCUT2D eigenvalue weighted by Crippen LogP contribution is 2.41. The zero-order valence-corrected chi connectivity index (χ0v) is 30.0. The highest BCUT2D eigenvalue weighted by atomic mass is 27.1. The van der Waals surface area contributed by atoms with Gasteiger partial charge in [-0.05, 0) is 60.7 Å². The third-order valence-electron chi connectivity index (χ3n) is 10.1. The molecule has 0 atom stereocenters. The van der Waals surface area contributed by atoms with E-state index in [9.17, 15) is 0 Å². The quantitative estimate of drug-likeness (QED) is 0.172. The van der Waals surface area contributed by atoms with Crippen molar-refractivity contribution >= 4 is 72.2 Å². The lowest BCUT2D eigenvalue weighted by Gasteiger charge is -2.11. The summed E-state index contributed by atoms with van der Waals surface area (Å²) in [6.07, 6.45) is 0. The maximum absolute atomic E-state index is 6.28. The van der Waals surface area contributed by atoms with Crippen LogP contribution < -0.4 is 20.4 Å². The third kappa shape index (κ3) is 4.74. The molecule has 55 heavy (non-hydrogen) atoms. The van der Waals surface area contributed by atoms with Crippen LogP contribution in [-0.2, 0) is 0 Å². The van der Waals surface area contributed by atoms with Crippen LogP contribution in [0.15, 0.2) is 176 Å². The molecule has 0 unspecified atom stereocenters. The predicted octanol–water partition coefficient (Wildman–Crippen LogP) is 8.05. The molecule has 0 fully saturated rings. The van der Waals surface area contributed by atoms with Crippen LogP contribution in [0.3, 0.4) is 0 Å². The Morgan fingerprint density at radius 3 is 1.27 bits per heavy atom. The average Bonchev–Trinajstić information content (AvgIpc) is 3.92. The van der Waals surface area contributed by atoms with Crippen molar-refractivity contribution < 1.29 is 9.47 Å². The second kappa shape index (κ2) is 11.7. The first-order chi connectivity index (χ1) is 27.2. The molecule has 6 bridgehead atoms. The minimum atomic E-state index is -0.757. The minimum absolute atomic E-state index is 0.564. The van der Waals surface area contributed by atoms with Gasteiger partial charge in [-0.2, -0.15) is 0 Å². The van der Waals surface area contributed by atoms with E-state index in [4.69, 9.17) is 39.4 Å². The molecule has 0 spiro atoms. The summed E-state index contributed by atoms with van der Waals surface area (Å²) in [4.78, 5) is 31.7. The molecule has 0 saturated heterocycles. The molecule has 0 amide bonds. The summed E-state index contributed by atoms with van der Waals surface area (Å²) in [7, 11) is 0. The van der Waals surface area contributed by atoms with E-state index in [2.05, 4.69) is 31.4 Å². The summed E-state index contributed by atoms with van der Waals surface area (Å²) in [5.74, 6) is 6.69. The molecular formula is C44H24AlN8O2. The van der Waals surface area contributed by atoms with Crippen molar-refractivity contribution in [3.63, 3.8) is 0 Å². The molecule has 0 N–H and O–H groups in total. The molecule has 4 aliphatic heterocycles. The van der Waals surface area contributed by atoms with Gasteiger partial charge in [0.2, 0.25) is 0 Å². The Kier molecular flexibility index (Phi) is 6.42. The first-order valence-electron chi connectivity index (χ1n) is 17.9. The Balaban J connectivity index is 1.15. The molecular weight excluding hydrogens is 700 g/mol. The van der Waals surface area contributed by atoms with Gasteiger partial charge in [0, 0.05) is 43.8 Å². The molecule has 0 saturated carbocycles. The summed E-state index contributed by atoms with van der Waals surface area (Å²) in [6, 6.07) is 48.0. The molecule has 10 nitrogen and oxygen atoms in total. The molecule has 2 aromatic heterocycles. The lowest BCUT2D eigenvalue weighted by Crippen LogP contribution is -2.36. The van der Waals surface area contributed by atoms with Gasteiger partial charge < -0.3 is 16.6 Å². The zero-order chi connectivity index (χ0) is 36.0. The maximum atomic E-state index is 6.28. The van der Waals surface area contributed by atoms with Gasteiger partial charge in [0.1, 0.15) is 45.6 Å². The second-order valence-electron chi connectivity index (χ2n) is 13.5. The van der Waals surface area contributed by atoms with Crippen molar-refractivity contribution in [3.8, 4) is 23.0 Å². The van der Waals surface area contributed by atoms with Crippen molar-refractivity contribution in [2.75, 3.05) is 0 Å². The van der Waals surface area contributed by atoms with Crippen LogP contribution in [0, 0.1) is 0 Å². The van der Waals surface area contributed by atoms with Gasteiger partial charge in [-0.3, -0.25) is 0 Å². The predicted molar refractivity (Wildman–Crippen MR) is 214 cm³/mol. The van der Waals surface area contributed by atoms with E-state index in [1.807, 2.05) is 121 Å². The number of hydrogen-bond acceptors (Lipinski definition) is 8. The fourth-order valence-corrected chi connectivity index (χ4v) is 9.08. The lowest BCUT2D eigenvalue weighted by atomic mass is 10.1. The van der Waals surface area contributed by atoms with E-state index >= 15 is 0 Å². The summed E-state index contributed by atoms with van der Waals surface area (Å²) in [6.45, 7) is 0. The van der Waals surface area contributed by atoms with Gasteiger partial charge in [-0.15, -0.1) is 0 Å². The number of ether oxygens (including phenoxy) is 2. The zero-order valence-electron chi connectivity index (χ0n) is 28.8. The van der Waals surface area contributed by atoms with Crippen molar-refractivity contribution in [2.45, 2.75) is 0 Å². The van der Waals surface area contributed by atoms with Crippen LogP contribution in [0.2, 0.25) is 0 Å². The second-order valence-corrected chi connectivity index (χ2v) is 14.7. The number of hydrogen-bond donors (Lipinski definition) is 0. The van der Waals surface area contributed by atoms with Crippen molar-refractivity contribution in [1.82, 2.24) is 7.10 Å². The van der Waals surface area contributed by atoms with Gasteiger partial charge in [0.05, 0.1) is 0 Å². The fourth-order valence-electron chi connectivity index (χ4n) is 7.62. The molecule has 8 aromatic rings. The standard InChI is InChI=1S/C44H24N8O2.Al/c1-3-11-25(12-4-1)53-27-19-21-33-35(23-27)43-49-39-31-17-9-7-15-29(31)38(45-39)48-42-34-22-20-28(54-26-13-5-2-6-14-26)24-36(34)44(52-42)50-40-32-18-10-8-16-30(32)37(46-40)47-41(33)51-43;/h1-24H;/q-2;+2. The summed E-state index contributed by atoms with van der Waals surface area (Å²) >= 11 is -0.757. The van der Waals surface area contributed by atoms with Crippen LogP contribution >= 0.6 is 0 Å². The number of benzene rings is 6.